The molecule has 1 aliphatic heterocycles. The maximum absolute atomic E-state index is 12.9. The second-order valence-corrected chi connectivity index (χ2v) is 8.24. The summed E-state index contributed by atoms with van der Waals surface area (Å²) in [6.45, 7) is 3.23. The van der Waals surface area contributed by atoms with Gasteiger partial charge in [0.15, 0.2) is 0 Å². The fraction of sp³-hybridized carbons (Fsp3) is 0.368. The van der Waals surface area contributed by atoms with Crippen LogP contribution in [0.15, 0.2) is 48.5 Å². The minimum Gasteiger partial charge on any atom is -0.299 e. The molecule has 25 heavy (non-hydrogen) atoms. The molecule has 1 N–H and O–H groups in total. The highest BCUT2D eigenvalue weighted by molar-refractivity contribution is 7.88. The third kappa shape index (κ3) is 5.36. The maximum atomic E-state index is 12.9. The van der Waals surface area contributed by atoms with Gasteiger partial charge in [-0.1, -0.05) is 36.4 Å². The van der Waals surface area contributed by atoms with Crippen LogP contribution in [0.25, 0.3) is 0 Å². The fourth-order valence-electron chi connectivity index (χ4n) is 3.13. The molecule has 0 fully saturated rings. The number of sulfonamides is 1. The van der Waals surface area contributed by atoms with E-state index in [0.29, 0.717) is 12.1 Å². The third-order valence-corrected chi connectivity index (χ3v) is 5.81. The van der Waals surface area contributed by atoms with E-state index in [9.17, 15) is 12.8 Å². The van der Waals surface area contributed by atoms with Gasteiger partial charge in [0.2, 0.25) is 10.0 Å². The monoisotopic (exact) mass is 362 g/mol. The molecular weight excluding hydrogens is 339 g/mol. The van der Waals surface area contributed by atoms with Crippen LogP contribution in [-0.2, 0) is 28.7 Å². The number of nitrogens with zero attached hydrogens (tertiary/aromatic N) is 1. The lowest BCUT2D eigenvalue weighted by Crippen LogP contribution is -2.34. The van der Waals surface area contributed by atoms with E-state index >= 15 is 0 Å². The number of hydrogen-bond donors (Lipinski definition) is 1. The Labute approximate surface area is 148 Å². The highest BCUT2D eigenvalue weighted by atomic mass is 32.2. The average molecular weight is 362 g/mol. The van der Waals surface area contributed by atoms with Crippen LogP contribution in [0.2, 0.25) is 0 Å². The zero-order valence-corrected chi connectivity index (χ0v) is 14.9. The minimum absolute atomic E-state index is 0.121. The summed E-state index contributed by atoms with van der Waals surface area (Å²) in [5, 5.41) is 0. The van der Waals surface area contributed by atoms with E-state index in [2.05, 4.69) is 33.9 Å². The Morgan fingerprint density at radius 2 is 1.76 bits per heavy atom. The summed E-state index contributed by atoms with van der Waals surface area (Å²) >= 11 is 0. The van der Waals surface area contributed by atoms with Crippen LogP contribution < -0.4 is 4.72 Å². The molecule has 0 bridgehead atoms. The largest absolute Gasteiger partial charge is 0.299 e. The molecule has 2 aromatic carbocycles. The molecule has 1 aliphatic rings. The molecule has 0 spiro atoms. The normalized spacial score (nSPS) is 15.1. The van der Waals surface area contributed by atoms with Crippen LogP contribution in [0.4, 0.5) is 4.39 Å². The quantitative estimate of drug-likeness (QED) is 0.771. The molecule has 1 heterocycles. The molecule has 0 unspecified atom stereocenters. The van der Waals surface area contributed by atoms with Gasteiger partial charge in [-0.25, -0.2) is 17.5 Å². The molecule has 0 saturated carbocycles. The molecule has 0 aliphatic carbocycles. The Hall–Kier alpha value is -1.76. The van der Waals surface area contributed by atoms with Crippen molar-refractivity contribution in [3.63, 3.8) is 0 Å². The number of fused-ring (bicyclic) bond motifs is 1. The Kier molecular flexibility index (Phi) is 5.83. The fourth-order valence-corrected chi connectivity index (χ4v) is 4.32. The smallest absolute Gasteiger partial charge is 0.215 e. The van der Waals surface area contributed by atoms with Gasteiger partial charge in [0.25, 0.3) is 0 Å². The summed E-state index contributed by atoms with van der Waals surface area (Å²) in [5.41, 5.74) is 3.37. The van der Waals surface area contributed by atoms with Gasteiger partial charge in [-0.15, -0.1) is 0 Å². The molecule has 0 amide bonds. The van der Waals surface area contributed by atoms with Crippen LogP contribution in [0, 0.1) is 5.82 Å². The number of halogens is 1. The molecular formula is C19H23FN2O2S. The van der Waals surface area contributed by atoms with Gasteiger partial charge in [-0.05, 0) is 48.2 Å². The van der Waals surface area contributed by atoms with Gasteiger partial charge in [-0.2, -0.15) is 0 Å². The molecule has 134 valence electrons. The average Bonchev–Trinajstić information content (AvgIpc) is 2.60. The van der Waals surface area contributed by atoms with Gasteiger partial charge in [0, 0.05) is 19.6 Å². The number of nitrogens with one attached hydrogen (secondary N) is 1. The Balaban J connectivity index is 1.41. The lowest BCUT2D eigenvalue weighted by Gasteiger charge is -2.28. The summed E-state index contributed by atoms with van der Waals surface area (Å²) in [7, 11) is -3.39. The van der Waals surface area contributed by atoms with Gasteiger partial charge >= 0.3 is 0 Å². The number of hydrogen-bond acceptors (Lipinski definition) is 3. The summed E-state index contributed by atoms with van der Waals surface area (Å²) in [6, 6.07) is 14.0. The first-order valence-corrected chi connectivity index (χ1v) is 10.2. The van der Waals surface area contributed by atoms with E-state index in [1.54, 1.807) is 0 Å². The van der Waals surface area contributed by atoms with Crippen LogP contribution >= 0.6 is 0 Å². The molecule has 6 heteroatoms. The van der Waals surface area contributed by atoms with Gasteiger partial charge in [0.1, 0.15) is 5.82 Å². The highest BCUT2D eigenvalue weighted by Gasteiger charge is 2.16. The van der Waals surface area contributed by atoms with E-state index in [1.807, 2.05) is 0 Å². The Morgan fingerprint density at radius 3 is 2.52 bits per heavy atom. The molecule has 4 nitrogen and oxygen atoms in total. The first kappa shape index (κ1) is 18.0. The lowest BCUT2D eigenvalue weighted by molar-refractivity contribution is 0.251. The van der Waals surface area contributed by atoms with E-state index in [4.69, 9.17) is 0 Å². The number of benzene rings is 2. The minimum atomic E-state index is -3.39. The third-order valence-electron chi connectivity index (χ3n) is 4.45. The van der Waals surface area contributed by atoms with E-state index in [-0.39, 0.29) is 11.6 Å². The SMILES string of the molecule is O=S(=O)(Cc1ccc(F)cc1)NCCCN1CCc2ccccc2C1. The summed E-state index contributed by atoms with van der Waals surface area (Å²) in [5.74, 6) is -0.484. The summed E-state index contributed by atoms with van der Waals surface area (Å²) in [6.07, 6.45) is 1.82. The van der Waals surface area contributed by atoms with Crippen LogP contribution in [0.5, 0.6) is 0 Å². The Morgan fingerprint density at radius 1 is 1.04 bits per heavy atom. The van der Waals surface area contributed by atoms with Crippen molar-refractivity contribution in [3.05, 3.63) is 71.0 Å². The molecule has 3 rings (SSSR count). The molecule has 0 radical (unpaired) electrons. The molecule has 0 aromatic heterocycles. The van der Waals surface area contributed by atoms with Crippen molar-refractivity contribution in [1.29, 1.82) is 0 Å². The number of rotatable bonds is 7. The first-order chi connectivity index (χ1) is 12.0. The van der Waals surface area contributed by atoms with Crippen molar-refractivity contribution in [1.82, 2.24) is 9.62 Å². The standard InChI is InChI=1S/C19H23FN2O2S/c20-19-8-6-16(7-9-19)15-25(23,24)21-11-3-12-22-13-10-17-4-1-2-5-18(17)14-22/h1-2,4-9,21H,3,10-15H2. The van der Waals surface area contributed by atoms with Crippen molar-refractivity contribution in [2.75, 3.05) is 19.6 Å². The first-order valence-electron chi connectivity index (χ1n) is 8.53. The zero-order valence-electron chi connectivity index (χ0n) is 14.1. The lowest BCUT2D eigenvalue weighted by atomic mass is 10.00. The topological polar surface area (TPSA) is 49.4 Å². The van der Waals surface area contributed by atoms with E-state index in [0.717, 1.165) is 32.5 Å². The Bertz CT molecular complexity index is 806. The zero-order chi connectivity index (χ0) is 17.7. The van der Waals surface area contributed by atoms with E-state index in [1.165, 1.54) is 35.4 Å². The van der Waals surface area contributed by atoms with Crippen molar-refractivity contribution in [2.24, 2.45) is 0 Å². The predicted molar refractivity (Wildman–Crippen MR) is 97.1 cm³/mol. The van der Waals surface area contributed by atoms with Crippen molar-refractivity contribution in [2.45, 2.75) is 25.1 Å². The van der Waals surface area contributed by atoms with Crippen molar-refractivity contribution < 1.29 is 12.8 Å². The second-order valence-electron chi connectivity index (χ2n) is 6.43. The van der Waals surface area contributed by atoms with Crippen LogP contribution in [0.1, 0.15) is 23.1 Å². The van der Waals surface area contributed by atoms with Gasteiger partial charge in [0.05, 0.1) is 5.75 Å². The molecule has 0 saturated heterocycles. The summed E-state index contributed by atoms with van der Waals surface area (Å²) < 4.78 is 39.7. The molecule has 0 atom stereocenters. The summed E-state index contributed by atoms with van der Waals surface area (Å²) in [4.78, 5) is 2.36. The second kappa shape index (κ2) is 8.08. The van der Waals surface area contributed by atoms with E-state index < -0.39 is 10.0 Å². The van der Waals surface area contributed by atoms with Gasteiger partial charge in [-0.3, -0.25) is 4.90 Å². The van der Waals surface area contributed by atoms with Crippen molar-refractivity contribution >= 4 is 10.0 Å². The predicted octanol–water partition coefficient (Wildman–Crippen LogP) is 2.69. The van der Waals surface area contributed by atoms with Crippen LogP contribution in [0.3, 0.4) is 0 Å². The highest BCUT2D eigenvalue weighted by Crippen LogP contribution is 2.18. The van der Waals surface area contributed by atoms with Crippen LogP contribution in [-0.4, -0.2) is 33.0 Å². The maximum Gasteiger partial charge on any atom is 0.215 e. The van der Waals surface area contributed by atoms with Gasteiger partial charge < -0.3 is 0 Å². The molecule has 2 aromatic rings. The van der Waals surface area contributed by atoms with Crippen molar-refractivity contribution in [3.8, 4) is 0 Å².